The zero-order chi connectivity index (χ0) is 13.6. The van der Waals surface area contributed by atoms with Gasteiger partial charge in [0.25, 0.3) is 5.60 Å². The van der Waals surface area contributed by atoms with Crippen molar-refractivity contribution in [2.24, 2.45) is 0 Å². The predicted octanol–water partition coefficient (Wildman–Crippen LogP) is 1.26. The van der Waals surface area contributed by atoms with Gasteiger partial charge >= 0.3 is 11.9 Å². The SMILES string of the molecule is CCOC(=O)C(Cc1ccccc1)(OC)C(=O)O. The topological polar surface area (TPSA) is 72.8 Å². The van der Waals surface area contributed by atoms with E-state index in [1.807, 2.05) is 6.07 Å². The monoisotopic (exact) mass is 252 g/mol. The van der Waals surface area contributed by atoms with Gasteiger partial charge in [0, 0.05) is 13.5 Å². The summed E-state index contributed by atoms with van der Waals surface area (Å²) < 4.78 is 9.73. The number of ether oxygens (including phenoxy) is 2. The van der Waals surface area contributed by atoms with Crippen LogP contribution < -0.4 is 0 Å². The van der Waals surface area contributed by atoms with Crippen molar-refractivity contribution in [2.75, 3.05) is 13.7 Å². The second kappa shape index (κ2) is 6.16. The number of benzene rings is 1. The van der Waals surface area contributed by atoms with Crippen LogP contribution in [0.1, 0.15) is 12.5 Å². The third-order valence-corrected chi connectivity index (χ3v) is 2.59. The zero-order valence-electron chi connectivity index (χ0n) is 10.4. The summed E-state index contributed by atoms with van der Waals surface area (Å²) >= 11 is 0. The van der Waals surface area contributed by atoms with E-state index in [1.165, 1.54) is 7.11 Å². The summed E-state index contributed by atoms with van der Waals surface area (Å²) in [4.78, 5) is 23.2. The summed E-state index contributed by atoms with van der Waals surface area (Å²) in [7, 11) is 1.19. The van der Waals surface area contributed by atoms with Gasteiger partial charge in [-0.15, -0.1) is 0 Å². The Kier molecular flexibility index (Phi) is 4.85. The number of rotatable bonds is 6. The molecule has 5 heteroatoms. The van der Waals surface area contributed by atoms with Crippen LogP contribution in [-0.2, 0) is 25.5 Å². The van der Waals surface area contributed by atoms with E-state index in [1.54, 1.807) is 31.2 Å². The average Bonchev–Trinajstić information content (AvgIpc) is 2.37. The molecule has 0 saturated heterocycles. The molecule has 0 fully saturated rings. The van der Waals surface area contributed by atoms with E-state index >= 15 is 0 Å². The van der Waals surface area contributed by atoms with E-state index in [2.05, 4.69) is 0 Å². The number of hydrogen-bond acceptors (Lipinski definition) is 4. The van der Waals surface area contributed by atoms with Gasteiger partial charge in [0.15, 0.2) is 0 Å². The molecule has 1 N–H and O–H groups in total. The molecule has 18 heavy (non-hydrogen) atoms. The van der Waals surface area contributed by atoms with Gasteiger partial charge in [-0.1, -0.05) is 30.3 Å². The van der Waals surface area contributed by atoms with Crippen molar-refractivity contribution in [3.8, 4) is 0 Å². The maximum Gasteiger partial charge on any atom is 0.350 e. The van der Waals surface area contributed by atoms with E-state index < -0.39 is 17.5 Å². The molecule has 0 amide bonds. The Morgan fingerprint density at radius 1 is 1.28 bits per heavy atom. The second-order valence-corrected chi connectivity index (χ2v) is 3.72. The molecule has 0 saturated carbocycles. The molecule has 1 rings (SSSR count). The second-order valence-electron chi connectivity index (χ2n) is 3.72. The molecule has 1 atom stereocenters. The summed E-state index contributed by atoms with van der Waals surface area (Å²) in [5.74, 6) is -2.24. The molecule has 0 bridgehead atoms. The summed E-state index contributed by atoms with van der Waals surface area (Å²) in [5.41, 5.74) is -1.30. The van der Waals surface area contributed by atoms with Gasteiger partial charge in [0.05, 0.1) is 6.61 Å². The number of hydrogen-bond donors (Lipinski definition) is 1. The van der Waals surface area contributed by atoms with E-state index in [0.717, 1.165) is 0 Å². The fourth-order valence-corrected chi connectivity index (χ4v) is 1.61. The molecular formula is C13H16O5. The van der Waals surface area contributed by atoms with Gasteiger partial charge in [-0.2, -0.15) is 0 Å². The quantitative estimate of drug-likeness (QED) is 0.609. The molecule has 0 aromatic heterocycles. The summed E-state index contributed by atoms with van der Waals surface area (Å²) in [6, 6.07) is 8.81. The standard InChI is InChI=1S/C13H16O5/c1-3-18-12(16)13(17-2,11(14)15)9-10-7-5-4-6-8-10/h4-8H,3,9H2,1-2H3,(H,14,15). The Morgan fingerprint density at radius 3 is 2.33 bits per heavy atom. The molecule has 0 spiro atoms. The largest absolute Gasteiger partial charge is 0.479 e. The van der Waals surface area contributed by atoms with Crippen LogP contribution in [0.5, 0.6) is 0 Å². The molecule has 98 valence electrons. The third-order valence-electron chi connectivity index (χ3n) is 2.59. The maximum atomic E-state index is 11.8. The highest BCUT2D eigenvalue weighted by Crippen LogP contribution is 2.20. The fraction of sp³-hybridized carbons (Fsp3) is 0.385. The Morgan fingerprint density at radius 2 is 1.89 bits per heavy atom. The molecule has 5 nitrogen and oxygen atoms in total. The smallest absolute Gasteiger partial charge is 0.350 e. The molecule has 0 radical (unpaired) electrons. The molecule has 1 aromatic rings. The molecular weight excluding hydrogens is 236 g/mol. The van der Waals surface area contributed by atoms with Gasteiger partial charge in [0.2, 0.25) is 0 Å². The summed E-state index contributed by atoms with van der Waals surface area (Å²) in [6.45, 7) is 1.72. The van der Waals surface area contributed by atoms with Gasteiger partial charge in [-0.05, 0) is 12.5 Å². The first kappa shape index (κ1) is 14.2. The third kappa shape index (κ3) is 2.87. The van der Waals surface area contributed by atoms with Crippen LogP contribution in [0.2, 0.25) is 0 Å². The number of methoxy groups -OCH3 is 1. The van der Waals surface area contributed by atoms with Crippen molar-refractivity contribution in [1.82, 2.24) is 0 Å². The van der Waals surface area contributed by atoms with E-state index in [9.17, 15) is 14.7 Å². The normalized spacial score (nSPS) is 13.7. The van der Waals surface area contributed by atoms with Crippen molar-refractivity contribution in [3.05, 3.63) is 35.9 Å². The van der Waals surface area contributed by atoms with Crippen LogP contribution in [0, 0.1) is 0 Å². The highest BCUT2D eigenvalue weighted by Gasteiger charge is 2.48. The lowest BCUT2D eigenvalue weighted by Gasteiger charge is -2.25. The van der Waals surface area contributed by atoms with E-state index in [0.29, 0.717) is 5.56 Å². The van der Waals surface area contributed by atoms with Gasteiger partial charge in [-0.3, -0.25) is 0 Å². The van der Waals surface area contributed by atoms with Gasteiger partial charge < -0.3 is 14.6 Å². The molecule has 0 heterocycles. The van der Waals surface area contributed by atoms with Gasteiger partial charge in [0.1, 0.15) is 0 Å². The van der Waals surface area contributed by atoms with Gasteiger partial charge in [-0.25, -0.2) is 9.59 Å². The van der Waals surface area contributed by atoms with Crippen molar-refractivity contribution >= 4 is 11.9 Å². The molecule has 1 unspecified atom stereocenters. The molecule has 0 aliphatic rings. The average molecular weight is 252 g/mol. The van der Waals surface area contributed by atoms with E-state index in [-0.39, 0.29) is 13.0 Å². The predicted molar refractivity (Wildman–Crippen MR) is 64.2 cm³/mol. The number of carbonyl (C=O) groups excluding carboxylic acids is 1. The Bertz CT molecular complexity index is 415. The van der Waals surface area contributed by atoms with Crippen LogP contribution in [0.3, 0.4) is 0 Å². The number of carbonyl (C=O) groups is 2. The first-order chi connectivity index (χ1) is 8.56. The zero-order valence-corrected chi connectivity index (χ0v) is 10.4. The first-order valence-corrected chi connectivity index (χ1v) is 5.56. The van der Waals surface area contributed by atoms with Crippen LogP contribution >= 0.6 is 0 Å². The minimum atomic E-state index is -1.99. The number of carboxylic acid groups (broad SMARTS) is 1. The molecule has 1 aromatic carbocycles. The Labute approximate surface area is 105 Å². The van der Waals surface area contributed by atoms with E-state index in [4.69, 9.17) is 9.47 Å². The lowest BCUT2D eigenvalue weighted by molar-refractivity contribution is -0.183. The van der Waals surface area contributed by atoms with Crippen molar-refractivity contribution in [3.63, 3.8) is 0 Å². The Hall–Kier alpha value is -1.88. The number of carboxylic acids is 1. The van der Waals surface area contributed by atoms with Crippen molar-refractivity contribution in [2.45, 2.75) is 18.9 Å². The molecule has 0 aliphatic heterocycles. The first-order valence-electron chi connectivity index (χ1n) is 5.56. The van der Waals surface area contributed by atoms with Crippen LogP contribution in [0.25, 0.3) is 0 Å². The number of aliphatic carboxylic acids is 1. The lowest BCUT2D eigenvalue weighted by Crippen LogP contribution is -2.51. The minimum Gasteiger partial charge on any atom is -0.479 e. The number of esters is 1. The highest BCUT2D eigenvalue weighted by molar-refractivity contribution is 6.03. The van der Waals surface area contributed by atoms with Crippen LogP contribution in [0.4, 0.5) is 0 Å². The highest BCUT2D eigenvalue weighted by atomic mass is 16.6. The minimum absolute atomic E-state index is 0.0709. The summed E-state index contributed by atoms with van der Waals surface area (Å²) in [6.07, 6.45) is -0.0709. The fourth-order valence-electron chi connectivity index (χ4n) is 1.61. The lowest BCUT2D eigenvalue weighted by atomic mass is 9.94. The van der Waals surface area contributed by atoms with Crippen molar-refractivity contribution in [1.29, 1.82) is 0 Å². The van der Waals surface area contributed by atoms with Crippen LogP contribution in [-0.4, -0.2) is 36.4 Å². The van der Waals surface area contributed by atoms with Crippen LogP contribution in [0.15, 0.2) is 30.3 Å². The maximum absolute atomic E-state index is 11.8. The van der Waals surface area contributed by atoms with Crippen molar-refractivity contribution < 1.29 is 24.2 Å². The Balaban J connectivity index is 3.05. The summed E-state index contributed by atoms with van der Waals surface area (Å²) in [5, 5.41) is 9.26. The molecule has 0 aliphatic carbocycles.